The molecule has 0 saturated heterocycles. The molecule has 2 rings (SSSR count). The molecule has 0 aromatic heterocycles. The van der Waals surface area contributed by atoms with Crippen LogP contribution in [0.4, 0.5) is 5.69 Å². The summed E-state index contributed by atoms with van der Waals surface area (Å²) in [6.07, 6.45) is 2.43. The lowest BCUT2D eigenvalue weighted by Crippen LogP contribution is -1.95. The number of nitro groups is 1. The molecule has 0 radical (unpaired) electrons. The van der Waals surface area contributed by atoms with E-state index in [1.54, 1.807) is 30.3 Å². The van der Waals surface area contributed by atoms with E-state index in [4.69, 9.17) is 16.3 Å². The number of halogens is 1. The average Bonchev–Trinajstić information content (AvgIpc) is 2.48. The number of hydrogen-bond acceptors (Lipinski definition) is 4. The van der Waals surface area contributed by atoms with Gasteiger partial charge < -0.3 is 4.74 Å². The number of ketones is 1. The zero-order valence-corrected chi connectivity index (χ0v) is 11.5. The summed E-state index contributed by atoms with van der Waals surface area (Å²) in [5.74, 6) is 0.0291. The quantitative estimate of drug-likeness (QED) is 0.275. The minimum absolute atomic E-state index is 0.0788. The summed E-state index contributed by atoms with van der Waals surface area (Å²) < 4.78 is 5.18. The van der Waals surface area contributed by atoms with E-state index in [0.717, 1.165) is 0 Å². The van der Waals surface area contributed by atoms with Crippen LogP contribution < -0.4 is 4.74 Å². The highest BCUT2D eigenvalue weighted by Gasteiger charge is 2.06. The third kappa shape index (κ3) is 4.15. The molecule has 0 aliphatic carbocycles. The number of nitrogens with zero attached hydrogens (tertiary/aromatic N) is 1. The SMILES string of the molecule is O=C(C=COc1cccc([N+](=O)[O-])c1)c1ccc(Cl)cc1. The first-order valence-electron chi connectivity index (χ1n) is 5.94. The Bertz CT molecular complexity index is 695. The molecule has 0 aliphatic heterocycles. The first-order chi connectivity index (χ1) is 10.1. The number of rotatable bonds is 5. The third-order valence-electron chi connectivity index (χ3n) is 2.58. The largest absolute Gasteiger partial charge is 0.465 e. The summed E-state index contributed by atoms with van der Waals surface area (Å²) in [7, 11) is 0. The smallest absolute Gasteiger partial charge is 0.273 e. The molecule has 0 aliphatic rings. The van der Waals surface area contributed by atoms with Crippen molar-refractivity contribution in [2.24, 2.45) is 0 Å². The highest BCUT2D eigenvalue weighted by Crippen LogP contribution is 2.19. The van der Waals surface area contributed by atoms with Gasteiger partial charge in [-0.1, -0.05) is 17.7 Å². The van der Waals surface area contributed by atoms with Gasteiger partial charge in [0.2, 0.25) is 0 Å². The minimum atomic E-state index is -0.518. The molecule has 0 N–H and O–H groups in total. The van der Waals surface area contributed by atoms with Crippen LogP contribution in [0.1, 0.15) is 10.4 Å². The van der Waals surface area contributed by atoms with Crippen LogP contribution in [0.5, 0.6) is 5.75 Å². The molecule has 0 heterocycles. The second kappa shape index (κ2) is 6.67. The maximum atomic E-state index is 11.8. The van der Waals surface area contributed by atoms with E-state index in [0.29, 0.717) is 10.6 Å². The highest BCUT2D eigenvalue weighted by atomic mass is 35.5. The molecule has 0 atom stereocenters. The molecule has 0 unspecified atom stereocenters. The van der Waals surface area contributed by atoms with Gasteiger partial charge in [-0.3, -0.25) is 14.9 Å². The van der Waals surface area contributed by atoms with Crippen LogP contribution in [-0.2, 0) is 0 Å². The predicted molar refractivity (Wildman–Crippen MR) is 78.6 cm³/mol. The molecule has 0 amide bonds. The summed E-state index contributed by atoms with van der Waals surface area (Å²) in [5.41, 5.74) is 0.392. The van der Waals surface area contributed by atoms with Gasteiger partial charge in [0.1, 0.15) is 5.75 Å². The second-order valence-corrected chi connectivity index (χ2v) is 4.48. The zero-order valence-electron chi connectivity index (χ0n) is 10.7. The van der Waals surface area contributed by atoms with E-state index in [9.17, 15) is 14.9 Å². The van der Waals surface area contributed by atoms with E-state index in [1.165, 1.54) is 30.5 Å². The Morgan fingerprint density at radius 1 is 1.19 bits per heavy atom. The van der Waals surface area contributed by atoms with Gasteiger partial charge in [-0.25, -0.2) is 0 Å². The van der Waals surface area contributed by atoms with E-state index < -0.39 is 4.92 Å². The zero-order chi connectivity index (χ0) is 15.2. The number of allylic oxidation sites excluding steroid dienone is 1. The summed E-state index contributed by atoms with van der Waals surface area (Å²) >= 11 is 5.73. The Morgan fingerprint density at radius 2 is 1.90 bits per heavy atom. The first-order valence-corrected chi connectivity index (χ1v) is 6.31. The van der Waals surface area contributed by atoms with Crippen LogP contribution in [0.3, 0.4) is 0 Å². The summed E-state index contributed by atoms with van der Waals surface area (Å²) in [6.45, 7) is 0. The molecule has 5 nitrogen and oxygen atoms in total. The lowest BCUT2D eigenvalue weighted by Gasteiger charge is -1.99. The Morgan fingerprint density at radius 3 is 2.57 bits per heavy atom. The predicted octanol–water partition coefficient (Wildman–Crippen LogP) is 4.02. The van der Waals surface area contributed by atoms with E-state index in [1.807, 2.05) is 0 Å². The van der Waals surface area contributed by atoms with E-state index in [-0.39, 0.29) is 17.2 Å². The fraction of sp³-hybridized carbons (Fsp3) is 0. The Kier molecular flexibility index (Phi) is 4.68. The number of nitro benzene ring substituents is 1. The van der Waals surface area contributed by atoms with Gasteiger partial charge in [-0.05, 0) is 30.3 Å². The van der Waals surface area contributed by atoms with E-state index >= 15 is 0 Å². The molecular formula is C15H10ClNO4. The van der Waals surface area contributed by atoms with Crippen LogP contribution in [0, 0.1) is 10.1 Å². The van der Waals surface area contributed by atoms with Crippen molar-refractivity contribution in [2.75, 3.05) is 0 Å². The van der Waals surface area contributed by atoms with E-state index in [2.05, 4.69) is 0 Å². The van der Waals surface area contributed by atoms with Crippen molar-refractivity contribution in [3.05, 3.63) is 81.6 Å². The van der Waals surface area contributed by atoms with Crippen LogP contribution in [0.15, 0.2) is 60.9 Å². The number of non-ortho nitro benzene ring substituents is 1. The fourth-order valence-electron chi connectivity index (χ4n) is 1.56. The lowest BCUT2D eigenvalue weighted by molar-refractivity contribution is -0.384. The maximum absolute atomic E-state index is 11.8. The Hall–Kier alpha value is -2.66. The fourth-order valence-corrected chi connectivity index (χ4v) is 1.68. The van der Waals surface area contributed by atoms with Crippen molar-refractivity contribution in [1.29, 1.82) is 0 Å². The van der Waals surface area contributed by atoms with Gasteiger partial charge in [0.15, 0.2) is 5.78 Å². The topological polar surface area (TPSA) is 69.4 Å². The van der Waals surface area contributed by atoms with Gasteiger partial charge in [-0.15, -0.1) is 0 Å². The highest BCUT2D eigenvalue weighted by molar-refractivity contribution is 6.30. The second-order valence-electron chi connectivity index (χ2n) is 4.05. The molecular weight excluding hydrogens is 294 g/mol. The van der Waals surface area contributed by atoms with Crippen LogP contribution in [-0.4, -0.2) is 10.7 Å². The van der Waals surface area contributed by atoms with Crippen molar-refractivity contribution in [3.8, 4) is 5.75 Å². The number of carbonyl (C=O) groups excluding carboxylic acids is 1. The lowest BCUT2D eigenvalue weighted by atomic mass is 10.1. The molecule has 0 spiro atoms. The maximum Gasteiger partial charge on any atom is 0.273 e. The standard InChI is InChI=1S/C15H10ClNO4/c16-12-6-4-11(5-7-12)15(18)8-9-21-14-3-1-2-13(10-14)17(19)20/h1-10H. The Balaban J connectivity index is 2.02. The summed E-state index contributed by atoms with van der Waals surface area (Å²) in [5, 5.41) is 11.2. The van der Waals surface area contributed by atoms with Gasteiger partial charge >= 0.3 is 0 Å². The number of ether oxygens (including phenoxy) is 1. The van der Waals surface area contributed by atoms with Crippen molar-refractivity contribution in [1.82, 2.24) is 0 Å². The number of carbonyl (C=O) groups is 1. The van der Waals surface area contributed by atoms with Gasteiger partial charge in [0.25, 0.3) is 5.69 Å². The van der Waals surface area contributed by atoms with Gasteiger partial charge in [-0.2, -0.15) is 0 Å². The molecule has 2 aromatic carbocycles. The van der Waals surface area contributed by atoms with Crippen LogP contribution >= 0.6 is 11.6 Å². The number of benzene rings is 2. The molecule has 6 heteroatoms. The monoisotopic (exact) mass is 303 g/mol. The van der Waals surface area contributed by atoms with Crippen molar-refractivity contribution < 1.29 is 14.5 Å². The van der Waals surface area contributed by atoms with Crippen molar-refractivity contribution in [2.45, 2.75) is 0 Å². The third-order valence-corrected chi connectivity index (χ3v) is 2.83. The first kappa shape index (κ1) is 14.7. The van der Waals surface area contributed by atoms with Gasteiger partial charge in [0, 0.05) is 22.7 Å². The molecule has 0 fully saturated rings. The number of hydrogen-bond donors (Lipinski definition) is 0. The van der Waals surface area contributed by atoms with Crippen LogP contribution in [0.2, 0.25) is 5.02 Å². The van der Waals surface area contributed by atoms with Gasteiger partial charge in [0.05, 0.1) is 17.3 Å². The normalized spacial score (nSPS) is 10.5. The summed E-state index contributed by atoms with van der Waals surface area (Å²) in [6, 6.07) is 12.1. The molecule has 2 aromatic rings. The summed E-state index contributed by atoms with van der Waals surface area (Å²) in [4.78, 5) is 21.9. The molecule has 0 bridgehead atoms. The minimum Gasteiger partial charge on any atom is -0.465 e. The average molecular weight is 304 g/mol. The van der Waals surface area contributed by atoms with Crippen molar-refractivity contribution >= 4 is 23.1 Å². The molecule has 0 saturated carbocycles. The molecule has 106 valence electrons. The van der Waals surface area contributed by atoms with Crippen LogP contribution in [0.25, 0.3) is 0 Å². The van der Waals surface area contributed by atoms with Crippen molar-refractivity contribution in [3.63, 3.8) is 0 Å². The Labute approximate surface area is 125 Å². The molecule has 21 heavy (non-hydrogen) atoms.